The van der Waals surface area contributed by atoms with Crippen LogP contribution in [0.5, 0.6) is 0 Å². The Morgan fingerprint density at radius 3 is 2.15 bits per heavy atom. The molecule has 170 valence electrons. The third kappa shape index (κ3) is 5.74. The molecule has 1 saturated heterocycles. The molecule has 0 aliphatic carbocycles. The van der Waals surface area contributed by atoms with Gasteiger partial charge < -0.3 is 10.2 Å². The molecule has 1 aliphatic heterocycles. The Kier molecular flexibility index (Phi) is 7.65. The molecule has 0 radical (unpaired) electrons. The van der Waals surface area contributed by atoms with Crippen molar-refractivity contribution in [1.82, 2.24) is 15.1 Å². The third-order valence-electron chi connectivity index (χ3n) is 5.80. The average Bonchev–Trinajstić information content (AvgIpc) is 2.86. The van der Waals surface area contributed by atoms with Gasteiger partial charge in [-0.15, -0.1) is 0 Å². The van der Waals surface area contributed by atoms with Crippen LogP contribution in [0.25, 0.3) is 0 Å². The Morgan fingerprint density at radius 2 is 1.48 bits per heavy atom. The zero-order valence-corrected chi connectivity index (χ0v) is 19.6. The minimum atomic E-state index is -0.429. The van der Waals surface area contributed by atoms with Crippen molar-refractivity contribution in [2.24, 2.45) is 0 Å². The minimum Gasteiger partial charge on any atom is -0.350 e. The van der Waals surface area contributed by atoms with Crippen molar-refractivity contribution < 1.29 is 9.59 Å². The smallest absolute Gasteiger partial charge is 0.255 e. The van der Waals surface area contributed by atoms with Crippen LogP contribution in [0.2, 0.25) is 10.0 Å². The zero-order chi connectivity index (χ0) is 23.2. The number of carbonyl (C=O) groups excluding carboxylic acids is 2. The fraction of sp³-hybridized carbons (Fsp3) is 0.231. The fourth-order valence-corrected chi connectivity index (χ4v) is 4.43. The van der Waals surface area contributed by atoms with Crippen LogP contribution >= 0.6 is 23.2 Å². The number of rotatable bonds is 6. The molecule has 1 heterocycles. The lowest BCUT2D eigenvalue weighted by Crippen LogP contribution is -2.52. The first-order valence-electron chi connectivity index (χ1n) is 10.9. The number of benzene rings is 3. The topological polar surface area (TPSA) is 52.7 Å². The van der Waals surface area contributed by atoms with E-state index in [1.54, 1.807) is 23.1 Å². The largest absolute Gasteiger partial charge is 0.350 e. The van der Waals surface area contributed by atoms with Gasteiger partial charge >= 0.3 is 0 Å². The van der Waals surface area contributed by atoms with E-state index in [2.05, 4.69) is 10.2 Å². The van der Waals surface area contributed by atoms with Gasteiger partial charge in [-0.2, -0.15) is 0 Å². The summed E-state index contributed by atoms with van der Waals surface area (Å²) in [4.78, 5) is 30.2. The maximum atomic E-state index is 13.3. The molecule has 4 rings (SSSR count). The molecular formula is C26H25Cl2N3O2. The van der Waals surface area contributed by atoms with Crippen molar-refractivity contribution in [1.29, 1.82) is 0 Å². The number of carbonyl (C=O) groups is 2. The second kappa shape index (κ2) is 10.8. The number of piperazine rings is 1. The summed E-state index contributed by atoms with van der Waals surface area (Å²) >= 11 is 12.3. The fourth-order valence-electron chi connectivity index (χ4n) is 4.06. The molecule has 1 atom stereocenters. The highest BCUT2D eigenvalue weighted by Gasteiger charge is 2.32. The summed E-state index contributed by atoms with van der Waals surface area (Å²) in [6.45, 7) is 2.60. The summed E-state index contributed by atoms with van der Waals surface area (Å²) in [7, 11) is 0. The standard InChI is InChI=1S/C26H25Cl2N3O2/c27-21-11-12-23(28)22(17-21)26(33)31-15-13-30(14-16-31)24(20-9-5-2-6-10-20)25(32)29-18-19-7-3-1-4-8-19/h1-12,17,24H,13-16,18H2,(H,29,32)/t24-/m1/s1. The van der Waals surface area contributed by atoms with E-state index in [9.17, 15) is 9.59 Å². The maximum Gasteiger partial charge on any atom is 0.255 e. The van der Waals surface area contributed by atoms with Crippen LogP contribution in [0.15, 0.2) is 78.9 Å². The van der Waals surface area contributed by atoms with Gasteiger partial charge in [-0.25, -0.2) is 0 Å². The van der Waals surface area contributed by atoms with E-state index in [-0.39, 0.29) is 11.8 Å². The first-order chi connectivity index (χ1) is 16.0. The monoisotopic (exact) mass is 481 g/mol. The van der Waals surface area contributed by atoms with Gasteiger partial charge in [0.1, 0.15) is 6.04 Å². The molecule has 3 aromatic rings. The second-order valence-corrected chi connectivity index (χ2v) is 8.81. The molecule has 0 aromatic heterocycles. The summed E-state index contributed by atoms with van der Waals surface area (Å²) in [5, 5.41) is 3.93. The van der Waals surface area contributed by atoms with Gasteiger partial charge in [0.25, 0.3) is 5.91 Å². The van der Waals surface area contributed by atoms with Gasteiger partial charge in [-0.3, -0.25) is 14.5 Å². The molecular weight excluding hydrogens is 457 g/mol. The molecule has 5 nitrogen and oxygen atoms in total. The van der Waals surface area contributed by atoms with Gasteiger partial charge in [0.15, 0.2) is 0 Å². The number of halogens is 2. The number of hydrogen-bond acceptors (Lipinski definition) is 3. The van der Waals surface area contributed by atoms with Gasteiger partial charge in [0.2, 0.25) is 5.91 Å². The normalized spacial score (nSPS) is 15.2. The van der Waals surface area contributed by atoms with Crippen LogP contribution in [-0.2, 0) is 11.3 Å². The molecule has 1 N–H and O–H groups in total. The molecule has 0 unspecified atom stereocenters. The molecule has 33 heavy (non-hydrogen) atoms. The van der Waals surface area contributed by atoms with Gasteiger partial charge in [-0.1, -0.05) is 83.9 Å². The maximum absolute atomic E-state index is 13.3. The van der Waals surface area contributed by atoms with Crippen molar-refractivity contribution in [2.75, 3.05) is 26.2 Å². The summed E-state index contributed by atoms with van der Waals surface area (Å²) in [5.41, 5.74) is 2.38. The van der Waals surface area contributed by atoms with E-state index in [0.29, 0.717) is 48.3 Å². The van der Waals surface area contributed by atoms with E-state index in [1.807, 2.05) is 60.7 Å². The highest BCUT2D eigenvalue weighted by molar-refractivity contribution is 6.35. The van der Waals surface area contributed by atoms with E-state index in [4.69, 9.17) is 23.2 Å². The van der Waals surface area contributed by atoms with Gasteiger partial charge in [0, 0.05) is 37.7 Å². The van der Waals surface area contributed by atoms with Gasteiger partial charge in [-0.05, 0) is 29.3 Å². The number of hydrogen-bond donors (Lipinski definition) is 1. The highest BCUT2D eigenvalue weighted by atomic mass is 35.5. The van der Waals surface area contributed by atoms with Crippen molar-refractivity contribution in [3.05, 3.63) is 106 Å². The van der Waals surface area contributed by atoms with Crippen LogP contribution in [0, 0.1) is 0 Å². The number of nitrogens with one attached hydrogen (secondary N) is 1. The van der Waals surface area contributed by atoms with Crippen molar-refractivity contribution in [3.8, 4) is 0 Å². The molecule has 3 aromatic carbocycles. The molecule has 1 fully saturated rings. The van der Waals surface area contributed by atoms with E-state index >= 15 is 0 Å². The molecule has 0 saturated carbocycles. The summed E-state index contributed by atoms with van der Waals surface area (Å²) in [6, 6.07) is 24.1. The Hall–Kier alpha value is -2.86. The first-order valence-corrected chi connectivity index (χ1v) is 11.6. The molecule has 2 amide bonds. The second-order valence-electron chi connectivity index (χ2n) is 7.97. The van der Waals surface area contributed by atoms with E-state index in [1.165, 1.54) is 0 Å². The highest BCUT2D eigenvalue weighted by Crippen LogP contribution is 2.26. The number of amides is 2. The molecule has 1 aliphatic rings. The Bertz CT molecular complexity index is 1100. The first kappa shape index (κ1) is 23.3. The Morgan fingerprint density at radius 1 is 0.848 bits per heavy atom. The van der Waals surface area contributed by atoms with E-state index < -0.39 is 6.04 Å². The molecule has 0 spiro atoms. The summed E-state index contributed by atoms with van der Waals surface area (Å²) in [6.07, 6.45) is 0. The minimum absolute atomic E-state index is 0.0530. The zero-order valence-electron chi connectivity index (χ0n) is 18.1. The van der Waals surface area contributed by atoms with Crippen LogP contribution in [-0.4, -0.2) is 47.8 Å². The van der Waals surface area contributed by atoms with Crippen molar-refractivity contribution >= 4 is 35.0 Å². The molecule has 0 bridgehead atoms. The predicted octanol–water partition coefficient (Wildman–Crippen LogP) is 4.81. The average molecular weight is 482 g/mol. The Balaban J connectivity index is 1.45. The van der Waals surface area contributed by atoms with Crippen LogP contribution in [0.3, 0.4) is 0 Å². The van der Waals surface area contributed by atoms with Crippen molar-refractivity contribution in [2.45, 2.75) is 12.6 Å². The number of nitrogens with zero attached hydrogens (tertiary/aromatic N) is 2. The van der Waals surface area contributed by atoms with E-state index in [0.717, 1.165) is 11.1 Å². The molecule has 7 heteroatoms. The SMILES string of the molecule is O=C(NCc1ccccc1)[C@@H](c1ccccc1)N1CCN(C(=O)c2cc(Cl)ccc2Cl)CC1. The summed E-state index contributed by atoms with van der Waals surface area (Å²) in [5.74, 6) is -0.199. The third-order valence-corrected chi connectivity index (χ3v) is 6.36. The lowest BCUT2D eigenvalue weighted by Gasteiger charge is -2.39. The predicted molar refractivity (Wildman–Crippen MR) is 131 cm³/mol. The van der Waals surface area contributed by atoms with Crippen molar-refractivity contribution in [3.63, 3.8) is 0 Å². The lowest BCUT2D eigenvalue weighted by molar-refractivity contribution is -0.127. The lowest BCUT2D eigenvalue weighted by atomic mass is 10.0. The van der Waals surface area contributed by atoms with Crippen LogP contribution < -0.4 is 5.32 Å². The Labute approximate surface area is 203 Å². The quantitative estimate of drug-likeness (QED) is 0.549. The van der Waals surface area contributed by atoms with Crippen LogP contribution in [0.4, 0.5) is 0 Å². The summed E-state index contributed by atoms with van der Waals surface area (Å²) < 4.78 is 0. The van der Waals surface area contributed by atoms with Crippen LogP contribution in [0.1, 0.15) is 27.5 Å². The van der Waals surface area contributed by atoms with Gasteiger partial charge in [0.05, 0.1) is 10.6 Å².